The van der Waals surface area contributed by atoms with Crippen molar-refractivity contribution in [2.24, 2.45) is 10.9 Å². The van der Waals surface area contributed by atoms with Crippen molar-refractivity contribution in [2.75, 3.05) is 0 Å². The summed E-state index contributed by atoms with van der Waals surface area (Å²) in [7, 11) is 0. The zero-order chi connectivity index (χ0) is 15.9. The number of carbonyl (C=O) groups excluding carboxylic acids is 1. The third-order valence-electron chi connectivity index (χ3n) is 2.83. The maximum Gasteiger partial charge on any atom is 0.348 e. The van der Waals surface area contributed by atoms with Gasteiger partial charge in [0, 0.05) is 11.1 Å². The molecule has 1 atom stereocenters. The number of oxime groups is 1. The highest BCUT2D eigenvalue weighted by atomic mass is 32.2. The van der Waals surface area contributed by atoms with Gasteiger partial charge in [0.2, 0.25) is 0 Å². The van der Waals surface area contributed by atoms with Gasteiger partial charge in [0.25, 0.3) is 0 Å². The lowest BCUT2D eigenvalue weighted by Gasteiger charge is -2.08. The van der Waals surface area contributed by atoms with Gasteiger partial charge in [-0.15, -0.1) is 11.8 Å². The summed E-state index contributed by atoms with van der Waals surface area (Å²) < 4.78 is 0. The lowest BCUT2D eigenvalue weighted by molar-refractivity contribution is -0.142. The van der Waals surface area contributed by atoms with Gasteiger partial charge >= 0.3 is 5.97 Å². The molecule has 1 heterocycles. The maximum atomic E-state index is 11.9. The molecule has 2 rings (SSSR count). The molecule has 5 nitrogen and oxygen atoms in total. The van der Waals surface area contributed by atoms with Crippen molar-refractivity contribution in [1.82, 2.24) is 4.98 Å². The van der Waals surface area contributed by atoms with Crippen LogP contribution in [0.2, 0.25) is 0 Å². The number of thioether (sulfide) groups is 1. The minimum atomic E-state index is -0.454. The number of rotatable bonds is 5. The van der Waals surface area contributed by atoms with Crippen molar-refractivity contribution in [2.45, 2.75) is 24.0 Å². The van der Waals surface area contributed by atoms with Crippen LogP contribution in [-0.4, -0.2) is 22.0 Å². The lowest BCUT2D eigenvalue weighted by Crippen LogP contribution is -2.19. The quantitative estimate of drug-likeness (QED) is 0.302. The summed E-state index contributed by atoms with van der Waals surface area (Å²) >= 11 is 1.41. The number of aromatic nitrogens is 1. The van der Waals surface area contributed by atoms with Crippen molar-refractivity contribution >= 4 is 23.6 Å². The van der Waals surface area contributed by atoms with Gasteiger partial charge in [-0.2, -0.15) is 0 Å². The molecule has 2 N–H and O–H groups in total. The smallest absolute Gasteiger partial charge is 0.348 e. The number of aryl methyl sites for hydroxylation is 1. The monoisotopic (exact) mass is 315 g/mol. The predicted octanol–water partition coefficient (Wildman–Crippen LogP) is 2.73. The average Bonchev–Trinajstić information content (AvgIpc) is 2.55. The predicted molar refractivity (Wildman–Crippen MR) is 87.6 cm³/mol. The number of nitrogens with zero attached hydrogens (tertiary/aromatic N) is 2. The minimum absolute atomic E-state index is 0.0708. The van der Waals surface area contributed by atoms with E-state index in [4.69, 9.17) is 10.6 Å². The Morgan fingerprint density at radius 3 is 2.64 bits per heavy atom. The number of carbonyl (C=O) groups is 1. The van der Waals surface area contributed by atoms with Gasteiger partial charge in [0.1, 0.15) is 10.9 Å². The Kier molecular flexibility index (Phi) is 5.55. The first-order chi connectivity index (χ1) is 10.6. The zero-order valence-corrected chi connectivity index (χ0v) is 13.2. The van der Waals surface area contributed by atoms with Gasteiger partial charge in [-0.05, 0) is 38.1 Å². The standard InChI is InChI=1S/C16H17N3O2S/c1-11-6-8-13(9-7-11)22-12(2)16(20)21-19-15(17)14-5-3-4-10-18-14/h3-10,12H,1-2H3,(H2,17,19)/t12-/m0/s1. The van der Waals surface area contributed by atoms with Crippen LogP contribution in [0.15, 0.2) is 58.7 Å². The Morgan fingerprint density at radius 1 is 1.27 bits per heavy atom. The first-order valence-corrected chi connectivity index (χ1v) is 7.63. The number of hydrogen-bond donors (Lipinski definition) is 1. The number of hydrogen-bond acceptors (Lipinski definition) is 5. The van der Waals surface area contributed by atoms with Crippen LogP contribution in [0.5, 0.6) is 0 Å². The molecule has 0 spiro atoms. The second-order valence-electron chi connectivity index (χ2n) is 4.67. The van der Waals surface area contributed by atoms with Crippen LogP contribution < -0.4 is 5.73 Å². The number of amidine groups is 1. The van der Waals surface area contributed by atoms with Gasteiger partial charge < -0.3 is 10.6 Å². The van der Waals surface area contributed by atoms with Crippen LogP contribution in [0.25, 0.3) is 0 Å². The molecule has 2 aromatic rings. The molecule has 0 saturated heterocycles. The topological polar surface area (TPSA) is 77.6 Å². The van der Waals surface area contributed by atoms with E-state index in [-0.39, 0.29) is 11.1 Å². The minimum Gasteiger partial charge on any atom is -0.379 e. The van der Waals surface area contributed by atoms with Crippen LogP contribution in [0, 0.1) is 6.92 Å². The van der Waals surface area contributed by atoms with Crippen LogP contribution >= 0.6 is 11.8 Å². The van der Waals surface area contributed by atoms with Crippen LogP contribution in [0.4, 0.5) is 0 Å². The summed E-state index contributed by atoms with van der Waals surface area (Å²) in [6, 6.07) is 13.2. The van der Waals surface area contributed by atoms with Gasteiger partial charge in [-0.3, -0.25) is 4.98 Å². The summed E-state index contributed by atoms with van der Waals surface area (Å²) in [5.74, 6) is -0.383. The fourth-order valence-corrected chi connectivity index (χ4v) is 2.44. The van der Waals surface area contributed by atoms with Gasteiger partial charge in [-0.1, -0.05) is 28.9 Å². The van der Waals surface area contributed by atoms with Crippen molar-refractivity contribution in [3.05, 3.63) is 59.9 Å². The van der Waals surface area contributed by atoms with Crippen molar-refractivity contribution in [3.8, 4) is 0 Å². The summed E-state index contributed by atoms with van der Waals surface area (Å²) in [5, 5.41) is 3.25. The van der Waals surface area contributed by atoms with Gasteiger partial charge in [0.15, 0.2) is 5.84 Å². The Labute approximate surface area is 133 Å². The van der Waals surface area contributed by atoms with Crippen LogP contribution in [0.3, 0.4) is 0 Å². The van der Waals surface area contributed by atoms with E-state index in [0.29, 0.717) is 5.69 Å². The first-order valence-electron chi connectivity index (χ1n) is 6.75. The highest BCUT2D eigenvalue weighted by Crippen LogP contribution is 2.24. The van der Waals surface area contributed by atoms with Crippen molar-refractivity contribution in [3.63, 3.8) is 0 Å². The summed E-state index contributed by atoms with van der Waals surface area (Å²) in [5.41, 5.74) is 7.36. The van der Waals surface area contributed by atoms with E-state index < -0.39 is 5.97 Å². The summed E-state index contributed by atoms with van der Waals surface area (Å²) in [6.07, 6.45) is 1.59. The third kappa shape index (κ3) is 4.60. The third-order valence-corrected chi connectivity index (χ3v) is 3.92. The Morgan fingerprint density at radius 2 is 2.00 bits per heavy atom. The Hall–Kier alpha value is -2.34. The van der Waals surface area contributed by atoms with E-state index in [1.165, 1.54) is 17.3 Å². The number of pyridine rings is 1. The molecule has 22 heavy (non-hydrogen) atoms. The largest absolute Gasteiger partial charge is 0.379 e. The van der Waals surface area contributed by atoms with Crippen molar-refractivity contribution < 1.29 is 9.63 Å². The molecule has 6 heteroatoms. The molecule has 0 fully saturated rings. The molecule has 0 saturated carbocycles. The van der Waals surface area contributed by atoms with Crippen LogP contribution in [0.1, 0.15) is 18.2 Å². The second kappa shape index (κ2) is 7.61. The Bertz CT molecular complexity index is 657. The van der Waals surface area contributed by atoms with E-state index in [2.05, 4.69) is 10.1 Å². The SMILES string of the molecule is Cc1ccc(S[C@@H](C)C(=O)O/N=C(/N)c2ccccn2)cc1. The van der Waals surface area contributed by atoms with Crippen LogP contribution in [-0.2, 0) is 9.63 Å². The highest BCUT2D eigenvalue weighted by Gasteiger charge is 2.16. The molecule has 1 aromatic heterocycles. The van der Waals surface area contributed by atoms with Crippen molar-refractivity contribution in [1.29, 1.82) is 0 Å². The maximum absolute atomic E-state index is 11.9. The molecule has 114 valence electrons. The Balaban J connectivity index is 1.92. The normalized spacial score (nSPS) is 12.7. The molecule has 1 aromatic carbocycles. The molecule has 0 aliphatic heterocycles. The van der Waals surface area contributed by atoms with E-state index in [0.717, 1.165) is 4.90 Å². The second-order valence-corrected chi connectivity index (χ2v) is 6.09. The number of benzene rings is 1. The summed E-state index contributed by atoms with van der Waals surface area (Å²) in [6.45, 7) is 3.78. The van der Waals surface area contributed by atoms with E-state index >= 15 is 0 Å². The zero-order valence-electron chi connectivity index (χ0n) is 12.4. The molecule has 0 bridgehead atoms. The van der Waals surface area contributed by atoms with E-state index in [9.17, 15) is 4.79 Å². The van der Waals surface area contributed by atoms with E-state index in [1.807, 2.05) is 31.2 Å². The lowest BCUT2D eigenvalue weighted by atomic mass is 10.2. The van der Waals surface area contributed by atoms with E-state index in [1.54, 1.807) is 31.3 Å². The highest BCUT2D eigenvalue weighted by molar-refractivity contribution is 8.00. The first kappa shape index (κ1) is 16.0. The fourth-order valence-electron chi connectivity index (χ4n) is 1.60. The molecular formula is C16H17N3O2S. The molecule has 0 amide bonds. The fraction of sp³-hybridized carbons (Fsp3) is 0.188. The number of nitrogens with two attached hydrogens (primary N) is 1. The molecule has 0 unspecified atom stereocenters. The molecule has 0 radical (unpaired) electrons. The molecule has 0 aliphatic carbocycles. The van der Waals surface area contributed by atoms with Gasteiger partial charge in [0.05, 0.1) is 0 Å². The average molecular weight is 315 g/mol. The molecular weight excluding hydrogens is 298 g/mol. The summed E-state index contributed by atoms with van der Waals surface area (Å²) in [4.78, 5) is 21.8. The molecule has 0 aliphatic rings. The van der Waals surface area contributed by atoms with Gasteiger partial charge in [-0.25, -0.2) is 4.79 Å².